The van der Waals surface area contributed by atoms with Crippen molar-refractivity contribution in [2.75, 3.05) is 0 Å². The topological polar surface area (TPSA) is 65.2 Å². The zero-order valence-electron chi connectivity index (χ0n) is 7.51. The maximum absolute atomic E-state index is 8.78. The molecular formula is C10H10N2O2. The predicted molar refractivity (Wildman–Crippen MR) is 52.3 cm³/mol. The van der Waals surface area contributed by atoms with Crippen LogP contribution in [-0.4, -0.2) is 21.8 Å². The molecule has 14 heavy (non-hydrogen) atoms. The van der Waals surface area contributed by atoms with Crippen LogP contribution in [0.5, 0.6) is 0 Å². The van der Waals surface area contributed by atoms with E-state index in [0.29, 0.717) is 24.3 Å². The van der Waals surface area contributed by atoms with Crippen LogP contribution in [0.4, 0.5) is 0 Å². The molecule has 1 aliphatic rings. The van der Waals surface area contributed by atoms with Crippen molar-refractivity contribution in [3.8, 4) is 0 Å². The third-order valence-electron chi connectivity index (χ3n) is 2.39. The predicted octanol–water partition coefficient (Wildman–Crippen LogP) is 1.84. The van der Waals surface area contributed by atoms with Crippen molar-refractivity contribution >= 4 is 11.4 Å². The lowest BCUT2D eigenvalue weighted by Crippen LogP contribution is -2.18. The summed E-state index contributed by atoms with van der Waals surface area (Å²) in [6.07, 6.45) is 1.21. The van der Waals surface area contributed by atoms with Gasteiger partial charge < -0.3 is 10.4 Å². The van der Waals surface area contributed by atoms with Gasteiger partial charge in [-0.3, -0.25) is 0 Å². The third-order valence-corrected chi connectivity index (χ3v) is 2.39. The van der Waals surface area contributed by atoms with Gasteiger partial charge in [0.2, 0.25) is 0 Å². The monoisotopic (exact) mass is 190 g/mol. The van der Waals surface area contributed by atoms with E-state index in [2.05, 4.69) is 10.3 Å². The Balaban J connectivity index is 2.60. The van der Waals surface area contributed by atoms with Crippen LogP contribution in [0.25, 0.3) is 0 Å². The molecule has 0 unspecified atom stereocenters. The molecule has 0 saturated heterocycles. The molecule has 0 amide bonds. The first-order valence-corrected chi connectivity index (χ1v) is 4.38. The highest BCUT2D eigenvalue weighted by molar-refractivity contribution is 6.17. The van der Waals surface area contributed by atoms with Crippen LogP contribution in [0, 0.1) is 0 Å². The maximum atomic E-state index is 8.78. The van der Waals surface area contributed by atoms with Crippen LogP contribution in [0.1, 0.15) is 24.0 Å². The highest BCUT2D eigenvalue weighted by Gasteiger charge is 2.20. The molecule has 1 aromatic rings. The minimum absolute atomic E-state index is 0.604. The van der Waals surface area contributed by atoms with E-state index in [0.717, 1.165) is 11.1 Å². The van der Waals surface area contributed by atoms with E-state index in [1.807, 2.05) is 24.3 Å². The molecular weight excluding hydrogens is 180 g/mol. The van der Waals surface area contributed by atoms with E-state index in [4.69, 9.17) is 10.4 Å². The van der Waals surface area contributed by atoms with Gasteiger partial charge in [0.15, 0.2) is 0 Å². The molecule has 0 spiro atoms. The first kappa shape index (κ1) is 8.74. The smallest absolute Gasteiger partial charge is 0.0878 e. The summed E-state index contributed by atoms with van der Waals surface area (Å²) in [6, 6.07) is 7.44. The van der Waals surface area contributed by atoms with Crippen molar-refractivity contribution in [3.63, 3.8) is 0 Å². The average Bonchev–Trinajstić information content (AvgIpc) is 2.27. The van der Waals surface area contributed by atoms with E-state index < -0.39 is 0 Å². The van der Waals surface area contributed by atoms with Crippen molar-refractivity contribution in [1.29, 1.82) is 0 Å². The van der Waals surface area contributed by atoms with E-state index in [-0.39, 0.29) is 0 Å². The Morgan fingerprint density at radius 3 is 1.64 bits per heavy atom. The molecule has 4 nitrogen and oxygen atoms in total. The van der Waals surface area contributed by atoms with Crippen LogP contribution in [0.2, 0.25) is 0 Å². The minimum atomic E-state index is 0.604. The van der Waals surface area contributed by atoms with Gasteiger partial charge in [0, 0.05) is 11.1 Å². The molecule has 0 radical (unpaired) electrons. The minimum Gasteiger partial charge on any atom is -0.411 e. The van der Waals surface area contributed by atoms with Crippen molar-refractivity contribution in [2.45, 2.75) is 12.8 Å². The summed E-state index contributed by atoms with van der Waals surface area (Å²) >= 11 is 0. The zero-order valence-corrected chi connectivity index (χ0v) is 7.51. The number of hydrogen-bond acceptors (Lipinski definition) is 4. The van der Waals surface area contributed by atoms with E-state index in [9.17, 15) is 0 Å². The van der Waals surface area contributed by atoms with Crippen LogP contribution < -0.4 is 0 Å². The molecule has 1 aromatic carbocycles. The number of oxime groups is 2. The van der Waals surface area contributed by atoms with Gasteiger partial charge in [-0.2, -0.15) is 0 Å². The number of rotatable bonds is 0. The Bertz CT molecular complexity index is 371. The summed E-state index contributed by atoms with van der Waals surface area (Å²) in [5.74, 6) is 0. The highest BCUT2D eigenvalue weighted by atomic mass is 16.4. The molecule has 1 aliphatic carbocycles. The van der Waals surface area contributed by atoms with Gasteiger partial charge >= 0.3 is 0 Å². The van der Waals surface area contributed by atoms with Gasteiger partial charge in [-0.25, -0.2) is 0 Å². The Morgan fingerprint density at radius 2 is 1.29 bits per heavy atom. The summed E-state index contributed by atoms with van der Waals surface area (Å²) in [5, 5.41) is 24.0. The van der Waals surface area contributed by atoms with Gasteiger partial charge in [-0.1, -0.05) is 34.6 Å². The second-order valence-corrected chi connectivity index (χ2v) is 3.14. The fraction of sp³-hybridized carbons (Fsp3) is 0.200. The van der Waals surface area contributed by atoms with E-state index in [1.54, 1.807) is 0 Å². The fourth-order valence-corrected chi connectivity index (χ4v) is 1.70. The molecule has 0 fully saturated rings. The van der Waals surface area contributed by atoms with Crippen molar-refractivity contribution in [1.82, 2.24) is 0 Å². The lowest BCUT2D eigenvalue weighted by atomic mass is 9.89. The fourth-order valence-electron chi connectivity index (χ4n) is 1.70. The standard InChI is InChI=1S/C10H10N2O2/c13-11-9-5-6-10(12-14)8-4-2-1-3-7(8)9/h1-4,13-14H,5-6H2/b11-9-,12-10-. The Labute approximate surface area is 81.2 Å². The van der Waals surface area contributed by atoms with Crippen molar-refractivity contribution in [2.24, 2.45) is 10.3 Å². The van der Waals surface area contributed by atoms with E-state index >= 15 is 0 Å². The normalized spacial score (nSPS) is 21.1. The molecule has 4 heteroatoms. The molecule has 0 heterocycles. The van der Waals surface area contributed by atoms with Gasteiger partial charge in [-0.05, 0) is 12.8 Å². The molecule has 2 N–H and O–H groups in total. The third kappa shape index (κ3) is 1.25. The number of nitrogens with zero attached hydrogens (tertiary/aromatic N) is 2. The Hall–Kier alpha value is -1.84. The molecule has 0 atom stereocenters. The van der Waals surface area contributed by atoms with Gasteiger partial charge in [0.1, 0.15) is 0 Å². The van der Waals surface area contributed by atoms with Crippen LogP contribution in [-0.2, 0) is 0 Å². The number of benzene rings is 1. The van der Waals surface area contributed by atoms with Crippen LogP contribution >= 0.6 is 0 Å². The quantitative estimate of drug-likeness (QED) is 0.484. The average molecular weight is 190 g/mol. The summed E-state index contributed by atoms with van der Waals surface area (Å²) in [5.41, 5.74) is 2.98. The van der Waals surface area contributed by atoms with Crippen molar-refractivity contribution in [3.05, 3.63) is 35.4 Å². The van der Waals surface area contributed by atoms with E-state index in [1.165, 1.54) is 0 Å². The lowest BCUT2D eigenvalue weighted by Gasteiger charge is -2.16. The largest absolute Gasteiger partial charge is 0.411 e. The molecule has 0 bridgehead atoms. The summed E-state index contributed by atoms with van der Waals surface area (Å²) in [4.78, 5) is 0. The maximum Gasteiger partial charge on any atom is 0.0878 e. The number of hydrogen-bond donors (Lipinski definition) is 2. The molecule has 2 rings (SSSR count). The summed E-state index contributed by atoms with van der Waals surface area (Å²) < 4.78 is 0. The Kier molecular flexibility index (Phi) is 2.18. The van der Waals surface area contributed by atoms with Crippen LogP contribution in [0.15, 0.2) is 34.6 Å². The first-order valence-electron chi connectivity index (χ1n) is 4.38. The van der Waals surface area contributed by atoms with Gasteiger partial charge in [0.25, 0.3) is 0 Å². The molecule has 0 saturated carbocycles. The van der Waals surface area contributed by atoms with Gasteiger partial charge in [-0.15, -0.1) is 0 Å². The first-order chi connectivity index (χ1) is 6.86. The van der Waals surface area contributed by atoms with Crippen LogP contribution in [0.3, 0.4) is 0 Å². The second kappa shape index (κ2) is 3.49. The van der Waals surface area contributed by atoms with Crippen molar-refractivity contribution < 1.29 is 10.4 Å². The summed E-state index contributed by atoms with van der Waals surface area (Å²) in [7, 11) is 0. The second-order valence-electron chi connectivity index (χ2n) is 3.14. The highest BCUT2D eigenvalue weighted by Crippen LogP contribution is 2.21. The zero-order chi connectivity index (χ0) is 9.97. The molecule has 0 aromatic heterocycles. The Morgan fingerprint density at radius 1 is 0.857 bits per heavy atom. The molecule has 72 valence electrons. The summed E-state index contributed by atoms with van der Waals surface area (Å²) in [6.45, 7) is 0. The SMILES string of the molecule is O/N=C1/CC/C(=N/O)c2ccccc21. The van der Waals surface area contributed by atoms with Gasteiger partial charge in [0.05, 0.1) is 11.4 Å². The lowest BCUT2D eigenvalue weighted by molar-refractivity contribution is 0.315. The molecule has 0 aliphatic heterocycles. The number of fused-ring (bicyclic) bond motifs is 1.